The minimum Gasteiger partial charge on any atom is -0.391 e. The molecule has 144 valence electrons. The van der Waals surface area contributed by atoms with Gasteiger partial charge in [0.2, 0.25) is 5.91 Å². The highest BCUT2D eigenvalue weighted by atomic mass is 35.5. The van der Waals surface area contributed by atoms with E-state index in [-0.39, 0.29) is 49.1 Å². The van der Waals surface area contributed by atoms with E-state index in [0.717, 1.165) is 18.2 Å². The van der Waals surface area contributed by atoms with Gasteiger partial charge < -0.3 is 16.2 Å². The summed E-state index contributed by atoms with van der Waals surface area (Å²) in [5, 5.41) is 12.9. The zero-order chi connectivity index (χ0) is 17.7. The third-order valence-electron chi connectivity index (χ3n) is 3.56. The number of amides is 1. The first-order valence-corrected chi connectivity index (χ1v) is 7.46. The molecule has 0 spiro atoms. The quantitative estimate of drug-likeness (QED) is 0.686. The van der Waals surface area contributed by atoms with Crippen molar-refractivity contribution >= 4 is 36.4 Å². The molecule has 0 unspecified atom stereocenters. The van der Waals surface area contributed by atoms with Crippen LogP contribution in [-0.4, -0.2) is 28.1 Å². The van der Waals surface area contributed by atoms with Crippen molar-refractivity contribution in [2.45, 2.75) is 31.9 Å². The zero-order valence-electron chi connectivity index (χ0n) is 14.0. The molecule has 2 rings (SSSR count). The van der Waals surface area contributed by atoms with Crippen LogP contribution in [-0.2, 0) is 17.6 Å². The van der Waals surface area contributed by atoms with E-state index < -0.39 is 23.8 Å². The van der Waals surface area contributed by atoms with Crippen LogP contribution in [0.3, 0.4) is 0 Å². The van der Waals surface area contributed by atoms with Gasteiger partial charge in [-0.2, -0.15) is 0 Å². The van der Waals surface area contributed by atoms with Crippen LogP contribution >= 0.6 is 24.8 Å². The number of halogens is 4. The van der Waals surface area contributed by atoms with E-state index in [9.17, 15) is 18.7 Å². The highest BCUT2D eigenvalue weighted by Gasteiger charge is 2.20. The molecule has 2 atom stereocenters. The summed E-state index contributed by atoms with van der Waals surface area (Å²) in [4.78, 5) is 15.3. The van der Waals surface area contributed by atoms with Gasteiger partial charge in [-0.3, -0.25) is 9.78 Å². The van der Waals surface area contributed by atoms with Crippen molar-refractivity contribution in [3.05, 3.63) is 59.4 Å². The number of aromatic nitrogens is 1. The minimum atomic E-state index is -1.03. The van der Waals surface area contributed by atoms with Gasteiger partial charge in [0.1, 0.15) is 11.6 Å². The van der Waals surface area contributed by atoms with Gasteiger partial charge in [-0.1, -0.05) is 0 Å². The van der Waals surface area contributed by atoms with E-state index in [0.29, 0.717) is 11.4 Å². The Morgan fingerprint density at radius 1 is 1.27 bits per heavy atom. The van der Waals surface area contributed by atoms with E-state index in [1.54, 1.807) is 12.1 Å². The molecule has 0 saturated heterocycles. The lowest BCUT2D eigenvalue weighted by molar-refractivity contribution is -0.114. The molecule has 1 aromatic carbocycles. The maximum atomic E-state index is 13.7. The number of carbonyl (C=O) groups excluding carboxylic acids is 1. The molecule has 0 saturated carbocycles. The lowest BCUT2D eigenvalue weighted by Gasteiger charge is -2.20. The van der Waals surface area contributed by atoms with Crippen molar-refractivity contribution in [3.8, 4) is 0 Å². The Balaban J connectivity index is 0.00000312. The van der Waals surface area contributed by atoms with Crippen LogP contribution in [0.4, 0.5) is 14.5 Å². The standard InChI is InChI=1S/C17H19F2N3O2.2ClH/c1-10(23)22-15-3-2-6-21-16(15)9-17(24)14(20)8-11-7-12(18)4-5-13(11)19;;/h2-7,14,17,24H,8-9,20H2,1H3,(H,22,23);2*1H/t14-,17+;;/m1../s1. The van der Waals surface area contributed by atoms with Gasteiger partial charge in [0.15, 0.2) is 0 Å². The molecule has 2 aromatic rings. The molecule has 0 aliphatic rings. The Hall–Kier alpha value is -1.80. The van der Waals surface area contributed by atoms with E-state index in [1.165, 1.54) is 13.1 Å². The predicted molar refractivity (Wildman–Crippen MR) is 101 cm³/mol. The molecular weight excluding hydrogens is 387 g/mol. The maximum Gasteiger partial charge on any atom is 0.221 e. The first kappa shape index (κ1) is 24.2. The highest BCUT2D eigenvalue weighted by molar-refractivity contribution is 5.89. The summed E-state index contributed by atoms with van der Waals surface area (Å²) >= 11 is 0. The molecule has 0 bridgehead atoms. The largest absolute Gasteiger partial charge is 0.391 e. The molecule has 1 aromatic heterocycles. The van der Waals surface area contributed by atoms with Crippen LogP contribution in [0.25, 0.3) is 0 Å². The summed E-state index contributed by atoms with van der Waals surface area (Å²) in [5.74, 6) is -1.40. The van der Waals surface area contributed by atoms with Crippen molar-refractivity contribution in [1.82, 2.24) is 4.98 Å². The van der Waals surface area contributed by atoms with Crippen LogP contribution in [0.2, 0.25) is 0 Å². The number of nitrogens with zero attached hydrogens (tertiary/aromatic N) is 1. The van der Waals surface area contributed by atoms with Gasteiger partial charge in [0.25, 0.3) is 0 Å². The average Bonchev–Trinajstić information content (AvgIpc) is 2.52. The minimum absolute atomic E-state index is 0. The third-order valence-corrected chi connectivity index (χ3v) is 3.56. The number of nitrogens with two attached hydrogens (primary N) is 1. The van der Waals surface area contributed by atoms with Gasteiger partial charge in [0, 0.05) is 25.6 Å². The molecule has 4 N–H and O–H groups in total. The highest BCUT2D eigenvalue weighted by Crippen LogP contribution is 2.17. The number of hydrogen-bond donors (Lipinski definition) is 3. The Morgan fingerprint density at radius 3 is 2.62 bits per heavy atom. The zero-order valence-corrected chi connectivity index (χ0v) is 15.6. The summed E-state index contributed by atoms with van der Waals surface area (Å²) in [6.07, 6.45) is 0.558. The summed E-state index contributed by atoms with van der Waals surface area (Å²) < 4.78 is 26.9. The van der Waals surface area contributed by atoms with Crippen molar-refractivity contribution in [2.24, 2.45) is 5.73 Å². The molecular formula is C17H21Cl2F2N3O2. The van der Waals surface area contributed by atoms with Crippen LogP contribution < -0.4 is 11.1 Å². The normalized spacial score (nSPS) is 12.3. The number of carbonyl (C=O) groups is 1. The number of anilines is 1. The van der Waals surface area contributed by atoms with E-state index >= 15 is 0 Å². The SMILES string of the molecule is CC(=O)Nc1cccnc1C[C@H](O)[C@H](N)Cc1cc(F)ccc1F.Cl.Cl. The van der Waals surface area contributed by atoms with Crippen molar-refractivity contribution < 1.29 is 18.7 Å². The lowest BCUT2D eigenvalue weighted by Crippen LogP contribution is -2.38. The second kappa shape index (κ2) is 11.0. The van der Waals surface area contributed by atoms with Crippen LogP contribution in [0, 0.1) is 11.6 Å². The van der Waals surface area contributed by atoms with Crippen LogP contribution in [0.1, 0.15) is 18.2 Å². The molecule has 9 heteroatoms. The number of rotatable bonds is 6. The summed E-state index contributed by atoms with van der Waals surface area (Å²) in [5.41, 5.74) is 6.96. The summed E-state index contributed by atoms with van der Waals surface area (Å²) in [6.45, 7) is 1.37. The van der Waals surface area contributed by atoms with Gasteiger partial charge in [-0.15, -0.1) is 24.8 Å². The molecule has 5 nitrogen and oxygen atoms in total. The summed E-state index contributed by atoms with van der Waals surface area (Å²) in [6, 6.07) is 5.61. The Labute approximate surface area is 162 Å². The second-order valence-corrected chi connectivity index (χ2v) is 5.55. The van der Waals surface area contributed by atoms with Gasteiger partial charge >= 0.3 is 0 Å². The van der Waals surface area contributed by atoms with Crippen molar-refractivity contribution in [3.63, 3.8) is 0 Å². The Morgan fingerprint density at radius 2 is 1.96 bits per heavy atom. The fourth-order valence-electron chi connectivity index (χ4n) is 2.34. The number of benzene rings is 1. The second-order valence-electron chi connectivity index (χ2n) is 5.55. The fraction of sp³-hybridized carbons (Fsp3) is 0.294. The molecule has 1 heterocycles. The topological polar surface area (TPSA) is 88.2 Å². The van der Waals surface area contributed by atoms with Gasteiger partial charge in [-0.25, -0.2) is 8.78 Å². The Kier molecular flexibility index (Phi) is 10.3. The van der Waals surface area contributed by atoms with Gasteiger partial charge in [0.05, 0.1) is 17.5 Å². The predicted octanol–water partition coefficient (Wildman–Crippen LogP) is 2.64. The Bertz CT molecular complexity index is 735. The lowest BCUT2D eigenvalue weighted by atomic mass is 9.98. The average molecular weight is 408 g/mol. The number of nitrogens with one attached hydrogen (secondary N) is 1. The smallest absolute Gasteiger partial charge is 0.221 e. The molecule has 26 heavy (non-hydrogen) atoms. The van der Waals surface area contributed by atoms with E-state index in [1.807, 2.05) is 0 Å². The first-order valence-electron chi connectivity index (χ1n) is 7.46. The monoisotopic (exact) mass is 407 g/mol. The summed E-state index contributed by atoms with van der Waals surface area (Å²) in [7, 11) is 0. The number of aliphatic hydroxyl groups excluding tert-OH is 1. The molecule has 0 fully saturated rings. The maximum absolute atomic E-state index is 13.7. The third kappa shape index (κ3) is 6.84. The number of aliphatic hydroxyl groups is 1. The molecule has 1 amide bonds. The molecule has 0 radical (unpaired) electrons. The molecule has 0 aliphatic carbocycles. The van der Waals surface area contributed by atoms with E-state index in [2.05, 4.69) is 10.3 Å². The van der Waals surface area contributed by atoms with E-state index in [4.69, 9.17) is 5.73 Å². The van der Waals surface area contributed by atoms with Crippen LogP contribution in [0.5, 0.6) is 0 Å². The van der Waals surface area contributed by atoms with Gasteiger partial charge in [-0.05, 0) is 42.3 Å². The fourth-order valence-corrected chi connectivity index (χ4v) is 2.34. The number of pyridine rings is 1. The number of hydrogen-bond acceptors (Lipinski definition) is 4. The van der Waals surface area contributed by atoms with Crippen LogP contribution in [0.15, 0.2) is 36.5 Å². The van der Waals surface area contributed by atoms with Crippen molar-refractivity contribution in [1.29, 1.82) is 0 Å². The first-order chi connectivity index (χ1) is 11.4. The molecule has 0 aliphatic heterocycles. The van der Waals surface area contributed by atoms with Crippen molar-refractivity contribution in [2.75, 3.05) is 5.32 Å².